The normalized spacial score (nSPS) is 17.2. The number of benzene rings is 1. The topological polar surface area (TPSA) is 75.4 Å². The predicted octanol–water partition coefficient (Wildman–Crippen LogP) is 6.12. The van der Waals surface area contributed by atoms with E-state index in [0.29, 0.717) is 73.4 Å². The average molecular weight is 530 g/mol. The van der Waals surface area contributed by atoms with Gasteiger partial charge in [-0.2, -0.15) is 18.2 Å². The van der Waals surface area contributed by atoms with Gasteiger partial charge in [0.1, 0.15) is 22.7 Å². The molecule has 0 spiro atoms. The molecule has 1 amide bonds. The molecule has 0 atom stereocenters. The van der Waals surface area contributed by atoms with Gasteiger partial charge in [-0.3, -0.25) is 4.79 Å². The number of fused-ring (bicyclic) bond motifs is 1. The first-order valence-electron chi connectivity index (χ1n) is 13.6. The zero-order chi connectivity index (χ0) is 26.9. The van der Waals surface area contributed by atoms with Crippen molar-refractivity contribution in [1.82, 2.24) is 20.0 Å². The Kier molecular flexibility index (Phi) is 7.59. The van der Waals surface area contributed by atoms with Crippen molar-refractivity contribution >= 4 is 22.8 Å². The lowest BCUT2D eigenvalue weighted by Gasteiger charge is -2.36. The molecule has 1 aliphatic heterocycles. The molecule has 38 heavy (non-hydrogen) atoms. The molecule has 2 fully saturated rings. The number of nitrogens with zero attached hydrogens (tertiary/aromatic N) is 5. The fourth-order valence-corrected chi connectivity index (χ4v) is 5.56. The van der Waals surface area contributed by atoms with Crippen LogP contribution in [0, 0.1) is 11.8 Å². The Morgan fingerprint density at radius 2 is 1.84 bits per heavy atom. The molecule has 1 saturated heterocycles. The van der Waals surface area contributed by atoms with Gasteiger partial charge < -0.3 is 14.3 Å². The summed E-state index contributed by atoms with van der Waals surface area (Å²) in [6.07, 6.45) is 2.72. The molecule has 0 radical (unpaired) electrons. The molecule has 0 N–H and O–H groups in total. The summed E-state index contributed by atoms with van der Waals surface area (Å²) in [5.74, 6) is 2.37. The number of rotatable bonds is 7. The van der Waals surface area contributed by atoms with Crippen LogP contribution in [0.1, 0.15) is 63.8 Å². The third-order valence-electron chi connectivity index (χ3n) is 7.59. The van der Waals surface area contributed by atoms with Crippen LogP contribution >= 0.6 is 0 Å². The SMILES string of the molecule is CC(C)Cc1nc(N2CCN(C(=O)CCC3CCCC3)CC2)c2c(-c3cccc(C(F)(F)F)c3)noc2n1. The maximum absolute atomic E-state index is 13.4. The monoisotopic (exact) mass is 529 g/mol. The van der Waals surface area contributed by atoms with E-state index >= 15 is 0 Å². The minimum Gasteiger partial charge on any atom is -0.352 e. The molecule has 7 nitrogen and oxygen atoms in total. The van der Waals surface area contributed by atoms with Crippen LogP contribution in [0.25, 0.3) is 22.4 Å². The van der Waals surface area contributed by atoms with Crippen LogP contribution in [0.5, 0.6) is 0 Å². The second-order valence-electron chi connectivity index (χ2n) is 10.9. The Morgan fingerprint density at radius 3 is 2.53 bits per heavy atom. The van der Waals surface area contributed by atoms with Crippen LogP contribution in [-0.4, -0.2) is 52.1 Å². The van der Waals surface area contributed by atoms with E-state index in [2.05, 4.69) is 28.9 Å². The number of amides is 1. The van der Waals surface area contributed by atoms with Crippen molar-refractivity contribution in [2.24, 2.45) is 11.8 Å². The Bertz CT molecular complexity index is 1280. The molecule has 2 aromatic heterocycles. The number of carbonyl (C=O) groups excluding carboxylic acids is 1. The molecular weight excluding hydrogens is 495 g/mol. The number of anilines is 1. The molecule has 5 rings (SSSR count). The summed E-state index contributed by atoms with van der Waals surface area (Å²) in [4.78, 5) is 26.2. The zero-order valence-corrected chi connectivity index (χ0v) is 21.9. The van der Waals surface area contributed by atoms with E-state index < -0.39 is 11.7 Å². The highest BCUT2D eigenvalue weighted by Crippen LogP contribution is 2.37. The number of carbonyl (C=O) groups is 1. The third-order valence-corrected chi connectivity index (χ3v) is 7.59. The molecule has 2 aliphatic rings. The first-order valence-corrected chi connectivity index (χ1v) is 13.6. The van der Waals surface area contributed by atoms with E-state index in [4.69, 9.17) is 9.51 Å². The largest absolute Gasteiger partial charge is 0.416 e. The minimum absolute atomic E-state index is 0.194. The number of hydrogen-bond donors (Lipinski definition) is 0. The lowest BCUT2D eigenvalue weighted by Crippen LogP contribution is -2.49. The molecular formula is C28H34F3N5O2. The van der Waals surface area contributed by atoms with Crippen LogP contribution < -0.4 is 4.90 Å². The van der Waals surface area contributed by atoms with E-state index in [9.17, 15) is 18.0 Å². The van der Waals surface area contributed by atoms with Gasteiger partial charge in [-0.25, -0.2) is 4.98 Å². The Hall–Kier alpha value is -3.17. The zero-order valence-electron chi connectivity index (χ0n) is 21.9. The minimum atomic E-state index is -4.47. The maximum Gasteiger partial charge on any atom is 0.416 e. The molecule has 1 saturated carbocycles. The number of alkyl halides is 3. The smallest absolute Gasteiger partial charge is 0.352 e. The van der Waals surface area contributed by atoms with Crippen molar-refractivity contribution in [2.45, 2.75) is 65.0 Å². The molecule has 1 aliphatic carbocycles. The fourth-order valence-electron chi connectivity index (χ4n) is 5.56. The van der Waals surface area contributed by atoms with E-state index in [1.807, 2.05) is 4.90 Å². The molecule has 1 aromatic carbocycles. The Balaban J connectivity index is 1.41. The Morgan fingerprint density at radius 1 is 1.11 bits per heavy atom. The van der Waals surface area contributed by atoms with Crippen LogP contribution in [0.3, 0.4) is 0 Å². The maximum atomic E-state index is 13.4. The number of hydrogen-bond acceptors (Lipinski definition) is 6. The van der Waals surface area contributed by atoms with Crippen molar-refractivity contribution in [3.05, 3.63) is 35.7 Å². The van der Waals surface area contributed by atoms with Crippen molar-refractivity contribution < 1.29 is 22.5 Å². The van der Waals surface area contributed by atoms with Crippen LogP contribution in [0.15, 0.2) is 28.8 Å². The quantitative estimate of drug-likeness (QED) is 0.367. The van der Waals surface area contributed by atoms with Gasteiger partial charge in [0.05, 0.1) is 5.56 Å². The van der Waals surface area contributed by atoms with Gasteiger partial charge in [0, 0.05) is 44.6 Å². The highest BCUT2D eigenvalue weighted by molar-refractivity contribution is 5.98. The van der Waals surface area contributed by atoms with Gasteiger partial charge in [-0.15, -0.1) is 0 Å². The summed E-state index contributed by atoms with van der Waals surface area (Å²) in [5, 5.41) is 4.63. The van der Waals surface area contributed by atoms with Gasteiger partial charge in [0.15, 0.2) is 0 Å². The summed E-state index contributed by atoms with van der Waals surface area (Å²) in [7, 11) is 0. The first kappa shape index (κ1) is 26.4. The van der Waals surface area contributed by atoms with Crippen molar-refractivity contribution in [1.29, 1.82) is 0 Å². The van der Waals surface area contributed by atoms with Crippen LogP contribution in [0.4, 0.5) is 19.0 Å². The highest BCUT2D eigenvalue weighted by atomic mass is 19.4. The van der Waals surface area contributed by atoms with Crippen LogP contribution in [-0.2, 0) is 17.4 Å². The van der Waals surface area contributed by atoms with E-state index in [1.165, 1.54) is 31.7 Å². The summed E-state index contributed by atoms with van der Waals surface area (Å²) in [5.41, 5.74) is 0.0796. The Labute approximate surface area is 220 Å². The second-order valence-corrected chi connectivity index (χ2v) is 10.9. The van der Waals surface area contributed by atoms with Gasteiger partial charge in [0.2, 0.25) is 5.91 Å². The number of aromatic nitrogens is 3. The molecule has 0 unspecified atom stereocenters. The van der Waals surface area contributed by atoms with E-state index in [0.717, 1.165) is 18.6 Å². The number of piperazine rings is 1. The summed E-state index contributed by atoms with van der Waals surface area (Å²) >= 11 is 0. The third kappa shape index (κ3) is 5.78. The van der Waals surface area contributed by atoms with E-state index in [1.54, 1.807) is 6.07 Å². The van der Waals surface area contributed by atoms with Crippen molar-refractivity contribution in [3.8, 4) is 11.3 Å². The van der Waals surface area contributed by atoms with Crippen molar-refractivity contribution in [3.63, 3.8) is 0 Å². The summed E-state index contributed by atoms with van der Waals surface area (Å²) < 4.78 is 45.8. The summed E-state index contributed by atoms with van der Waals surface area (Å²) in [6.45, 7) is 6.40. The standard InChI is InChI=1S/C28H34F3N5O2/c1-18(2)16-22-32-26(36-14-12-35(13-15-36)23(37)11-10-19-6-3-4-7-19)24-25(34-38-27(24)33-22)20-8-5-9-21(17-20)28(29,30)31/h5,8-9,17-19H,3-4,6-7,10-16H2,1-2H3. The lowest BCUT2D eigenvalue weighted by atomic mass is 10.0. The second kappa shape index (κ2) is 10.9. The predicted molar refractivity (Wildman–Crippen MR) is 139 cm³/mol. The molecule has 3 heterocycles. The van der Waals surface area contributed by atoms with Gasteiger partial charge >= 0.3 is 6.18 Å². The fraction of sp³-hybridized carbons (Fsp3) is 0.571. The van der Waals surface area contributed by atoms with Crippen molar-refractivity contribution in [2.75, 3.05) is 31.1 Å². The lowest BCUT2D eigenvalue weighted by molar-refractivity contribution is -0.137. The van der Waals surface area contributed by atoms with Gasteiger partial charge in [0.25, 0.3) is 5.71 Å². The molecule has 3 aromatic rings. The molecule has 10 heteroatoms. The number of halogens is 3. The van der Waals surface area contributed by atoms with Gasteiger partial charge in [-0.1, -0.05) is 56.8 Å². The summed E-state index contributed by atoms with van der Waals surface area (Å²) in [6, 6.07) is 5.05. The highest BCUT2D eigenvalue weighted by Gasteiger charge is 2.32. The van der Waals surface area contributed by atoms with Crippen LogP contribution in [0.2, 0.25) is 0 Å². The van der Waals surface area contributed by atoms with E-state index in [-0.39, 0.29) is 17.3 Å². The van der Waals surface area contributed by atoms with Gasteiger partial charge in [-0.05, 0) is 30.4 Å². The molecule has 0 bridgehead atoms. The molecule has 204 valence electrons. The first-order chi connectivity index (χ1) is 18.2. The average Bonchev–Trinajstić information content (AvgIpc) is 3.56.